The van der Waals surface area contributed by atoms with Gasteiger partial charge in [0, 0.05) is 32.5 Å². The van der Waals surface area contributed by atoms with Gasteiger partial charge in [-0.05, 0) is 71.6 Å². The van der Waals surface area contributed by atoms with Gasteiger partial charge in [-0.2, -0.15) is 0 Å². The number of carbonyl (C=O) groups is 7. The molecule has 3 heterocycles. The molecule has 4 N–H and O–H groups in total. The zero-order valence-corrected chi connectivity index (χ0v) is 37.1. The quantitative estimate of drug-likeness (QED) is 0.0954. The highest BCUT2D eigenvalue weighted by Crippen LogP contribution is 2.26. The van der Waals surface area contributed by atoms with Crippen molar-refractivity contribution in [2.45, 2.75) is 136 Å². The zero-order chi connectivity index (χ0) is 45.6. The van der Waals surface area contributed by atoms with E-state index in [-0.39, 0.29) is 37.6 Å². The molecule has 1 aromatic heterocycles. The SMILES string of the molecule is CCCC(NC(=O)[C@@H]1CC(OC(=O)N2CCc3ccccc3C2)CN1C(=O)[C@@H](NC(=O)[C@@H](NC(=O)CCCCn1cnnn1)C(C)C)C(C)C)C(=O)C(=O)N[C@@H](C)c1ccccc1. The number of fused-ring (bicyclic) bond motifs is 1. The Morgan fingerprint density at radius 1 is 0.825 bits per heavy atom. The Labute approximate surface area is 368 Å². The van der Waals surface area contributed by atoms with Gasteiger partial charge >= 0.3 is 6.09 Å². The van der Waals surface area contributed by atoms with E-state index in [4.69, 9.17) is 4.74 Å². The molecule has 0 radical (unpaired) electrons. The van der Waals surface area contributed by atoms with E-state index >= 15 is 0 Å². The normalized spacial score (nSPS) is 17.8. The molecule has 2 aliphatic heterocycles. The number of aromatic nitrogens is 4. The van der Waals surface area contributed by atoms with Crippen molar-refractivity contribution in [2.75, 3.05) is 13.1 Å². The number of ether oxygens (including phenoxy) is 1. The Balaban J connectivity index is 1.30. The predicted molar refractivity (Wildman–Crippen MR) is 231 cm³/mol. The molecule has 3 aromatic rings. The number of ketones is 1. The molecular formula is C45H62N10O8. The Hall–Kier alpha value is -6.20. The maximum absolute atomic E-state index is 14.6. The molecule has 2 aliphatic rings. The van der Waals surface area contributed by atoms with Crippen LogP contribution in [0, 0.1) is 11.8 Å². The third-order valence-corrected chi connectivity index (χ3v) is 11.5. The number of tetrazole rings is 1. The molecule has 5 rings (SSSR count). The van der Waals surface area contributed by atoms with Gasteiger partial charge in [-0.25, -0.2) is 9.48 Å². The van der Waals surface area contributed by atoms with E-state index in [2.05, 4.69) is 36.8 Å². The summed E-state index contributed by atoms with van der Waals surface area (Å²) in [6.07, 6.45) is 2.49. The number of nitrogens with one attached hydrogen (secondary N) is 4. The Morgan fingerprint density at radius 2 is 1.52 bits per heavy atom. The molecule has 0 saturated carbocycles. The molecule has 1 fully saturated rings. The minimum absolute atomic E-state index is 0.0884. The first-order chi connectivity index (χ1) is 30.2. The number of rotatable bonds is 20. The lowest BCUT2D eigenvalue weighted by molar-refractivity contribution is -0.144. The van der Waals surface area contributed by atoms with Crippen LogP contribution in [0.3, 0.4) is 0 Å². The molecule has 18 heteroatoms. The van der Waals surface area contributed by atoms with Crippen LogP contribution in [0.2, 0.25) is 0 Å². The van der Waals surface area contributed by atoms with E-state index < -0.39 is 77.7 Å². The number of amides is 6. The minimum atomic E-state index is -1.22. The maximum Gasteiger partial charge on any atom is 0.410 e. The van der Waals surface area contributed by atoms with Crippen LogP contribution in [-0.4, -0.2) is 115 Å². The van der Waals surface area contributed by atoms with E-state index in [1.807, 2.05) is 61.5 Å². The summed E-state index contributed by atoms with van der Waals surface area (Å²) in [4.78, 5) is 99.2. The second-order valence-corrected chi connectivity index (χ2v) is 17.1. The Kier molecular flexibility index (Phi) is 17.3. The number of aryl methyl sites for hydroxylation is 1. The Bertz CT molecular complexity index is 2050. The lowest BCUT2D eigenvalue weighted by Gasteiger charge is -2.32. The van der Waals surface area contributed by atoms with E-state index in [9.17, 15) is 33.6 Å². The fourth-order valence-corrected chi connectivity index (χ4v) is 7.88. The van der Waals surface area contributed by atoms with E-state index in [1.165, 1.54) is 11.2 Å². The van der Waals surface area contributed by atoms with Crippen molar-refractivity contribution < 1.29 is 38.3 Å². The number of unbranched alkanes of at least 4 members (excludes halogenated alkanes) is 1. The van der Waals surface area contributed by atoms with Gasteiger partial charge in [0.15, 0.2) is 0 Å². The van der Waals surface area contributed by atoms with Crippen LogP contribution in [0.1, 0.15) is 103 Å². The van der Waals surface area contributed by atoms with Crippen molar-refractivity contribution >= 4 is 41.4 Å². The van der Waals surface area contributed by atoms with Crippen molar-refractivity contribution in [1.82, 2.24) is 51.3 Å². The van der Waals surface area contributed by atoms with Crippen LogP contribution in [0.15, 0.2) is 60.9 Å². The summed E-state index contributed by atoms with van der Waals surface area (Å²) in [5, 5.41) is 22.1. The molecule has 2 aromatic carbocycles. The van der Waals surface area contributed by atoms with Gasteiger partial charge in [0.1, 0.15) is 30.6 Å². The number of likely N-dealkylation sites (tertiary alicyclic amines) is 1. The lowest BCUT2D eigenvalue weighted by Crippen LogP contribution is -2.59. The summed E-state index contributed by atoms with van der Waals surface area (Å²) in [5.74, 6) is -4.71. The van der Waals surface area contributed by atoms with E-state index in [0.717, 1.165) is 16.7 Å². The second-order valence-electron chi connectivity index (χ2n) is 17.1. The molecule has 340 valence electrons. The first kappa shape index (κ1) is 47.8. The topological polar surface area (TPSA) is 227 Å². The summed E-state index contributed by atoms with van der Waals surface area (Å²) in [6.45, 7) is 11.8. The number of hydrogen-bond donors (Lipinski definition) is 4. The average molecular weight is 871 g/mol. The van der Waals surface area contributed by atoms with E-state index in [1.54, 1.807) is 44.2 Å². The van der Waals surface area contributed by atoms with Gasteiger partial charge in [0.2, 0.25) is 29.4 Å². The predicted octanol–water partition coefficient (Wildman–Crippen LogP) is 3.02. The van der Waals surface area contributed by atoms with Crippen LogP contribution in [0.5, 0.6) is 0 Å². The number of benzene rings is 2. The molecule has 1 saturated heterocycles. The second kappa shape index (κ2) is 22.8. The van der Waals surface area contributed by atoms with Gasteiger partial charge < -0.3 is 35.8 Å². The highest BCUT2D eigenvalue weighted by atomic mass is 16.6. The molecule has 0 spiro atoms. The fraction of sp³-hybridized carbons (Fsp3) is 0.556. The first-order valence-electron chi connectivity index (χ1n) is 22.0. The van der Waals surface area contributed by atoms with Crippen molar-refractivity contribution in [3.05, 3.63) is 77.6 Å². The van der Waals surface area contributed by atoms with Crippen molar-refractivity contribution in [1.29, 1.82) is 0 Å². The third-order valence-electron chi connectivity index (χ3n) is 11.5. The van der Waals surface area contributed by atoms with Gasteiger partial charge in [0.05, 0.1) is 18.6 Å². The highest BCUT2D eigenvalue weighted by Gasteiger charge is 2.46. The number of carbonyl (C=O) groups excluding carboxylic acids is 7. The van der Waals surface area contributed by atoms with Gasteiger partial charge in [0.25, 0.3) is 5.91 Å². The molecule has 0 aliphatic carbocycles. The molecule has 6 amide bonds. The summed E-state index contributed by atoms with van der Waals surface area (Å²) in [6, 6.07) is 12.0. The monoisotopic (exact) mass is 870 g/mol. The van der Waals surface area contributed by atoms with Gasteiger partial charge in [-0.3, -0.25) is 28.8 Å². The average Bonchev–Trinajstić information content (AvgIpc) is 3.96. The summed E-state index contributed by atoms with van der Waals surface area (Å²) >= 11 is 0. The largest absolute Gasteiger partial charge is 0.444 e. The zero-order valence-electron chi connectivity index (χ0n) is 37.1. The standard InChI is InChI=1S/C45H62N10O8/c1-7-15-35(40(57)43(60)47-30(6)31-16-9-8-10-17-31)48-41(58)36-24-34(63-45(62)53-23-21-32-18-11-12-19-33(32)25-53)26-55(36)44(61)39(29(4)5)50-42(59)38(28(2)3)49-37(56)20-13-14-22-54-27-46-51-52-54/h8-12,16-19,27-30,34-36,38-39H,7,13-15,20-26H2,1-6H3,(H,47,60)(H,48,58)(H,49,56)(H,50,59)/t30-,34?,35?,36-,38-,39-/m0/s1. The summed E-state index contributed by atoms with van der Waals surface area (Å²) in [7, 11) is 0. The van der Waals surface area contributed by atoms with Crippen LogP contribution in [0.4, 0.5) is 4.79 Å². The maximum atomic E-state index is 14.6. The van der Waals surface area contributed by atoms with Crippen LogP contribution < -0.4 is 21.3 Å². The number of hydrogen-bond acceptors (Lipinski definition) is 11. The van der Waals surface area contributed by atoms with Gasteiger partial charge in [-0.15, -0.1) is 5.10 Å². The first-order valence-corrected chi connectivity index (χ1v) is 22.0. The molecular weight excluding hydrogens is 809 g/mol. The molecule has 2 unspecified atom stereocenters. The lowest BCUT2D eigenvalue weighted by atomic mass is 9.98. The van der Waals surface area contributed by atoms with Crippen molar-refractivity contribution in [3.8, 4) is 0 Å². The van der Waals surface area contributed by atoms with Gasteiger partial charge in [-0.1, -0.05) is 95.6 Å². The van der Waals surface area contributed by atoms with Crippen molar-refractivity contribution in [2.24, 2.45) is 11.8 Å². The smallest absolute Gasteiger partial charge is 0.410 e. The molecule has 6 atom stereocenters. The van der Waals surface area contributed by atoms with Crippen LogP contribution in [-0.2, 0) is 53.0 Å². The highest BCUT2D eigenvalue weighted by molar-refractivity contribution is 6.38. The Morgan fingerprint density at radius 3 is 2.19 bits per heavy atom. The van der Waals surface area contributed by atoms with Crippen LogP contribution in [0.25, 0.3) is 0 Å². The minimum Gasteiger partial charge on any atom is -0.444 e. The number of nitrogens with zero attached hydrogens (tertiary/aromatic N) is 6. The number of Topliss-reactive ketones (excluding diaryl/α,β-unsaturated/α-hetero) is 1. The fourth-order valence-electron chi connectivity index (χ4n) is 7.88. The summed E-state index contributed by atoms with van der Waals surface area (Å²) < 4.78 is 7.55. The summed E-state index contributed by atoms with van der Waals surface area (Å²) in [5.41, 5.74) is 2.95. The van der Waals surface area contributed by atoms with E-state index in [0.29, 0.717) is 45.3 Å². The molecule has 0 bridgehead atoms. The third kappa shape index (κ3) is 13.2. The van der Waals surface area contributed by atoms with Crippen molar-refractivity contribution in [3.63, 3.8) is 0 Å². The molecule has 18 nitrogen and oxygen atoms in total. The van der Waals surface area contributed by atoms with Crippen LogP contribution >= 0.6 is 0 Å². The molecule has 63 heavy (non-hydrogen) atoms.